The van der Waals surface area contributed by atoms with Crippen LogP contribution < -0.4 is 10.1 Å². The minimum atomic E-state index is -0.324. The van der Waals surface area contributed by atoms with Crippen molar-refractivity contribution in [3.05, 3.63) is 40.5 Å². The van der Waals surface area contributed by atoms with Crippen LogP contribution in [0.3, 0.4) is 0 Å². The summed E-state index contributed by atoms with van der Waals surface area (Å²) in [6.45, 7) is 2.85. The summed E-state index contributed by atoms with van der Waals surface area (Å²) in [5.74, 6) is 0.355. The lowest BCUT2D eigenvalue weighted by Crippen LogP contribution is -2.47. The molecule has 0 aliphatic carbocycles. The summed E-state index contributed by atoms with van der Waals surface area (Å²) < 4.78 is 20.4. The highest BCUT2D eigenvalue weighted by Crippen LogP contribution is 2.42. The number of carbonyl (C=O) groups is 2. The van der Waals surface area contributed by atoms with Crippen molar-refractivity contribution in [2.45, 2.75) is 51.2 Å². The molecule has 0 radical (unpaired) electrons. The number of hydrogen-bond donors (Lipinski definition) is 1. The molecule has 0 bridgehead atoms. The van der Waals surface area contributed by atoms with Crippen LogP contribution in [0.2, 0.25) is 0 Å². The maximum atomic E-state index is 14.2. The topological polar surface area (TPSA) is 58.6 Å². The number of amides is 1. The van der Waals surface area contributed by atoms with Crippen molar-refractivity contribution < 1.29 is 18.7 Å². The van der Waals surface area contributed by atoms with Crippen LogP contribution in [0.1, 0.15) is 47.8 Å². The van der Waals surface area contributed by atoms with Gasteiger partial charge in [0.25, 0.3) is 0 Å². The van der Waals surface area contributed by atoms with Crippen molar-refractivity contribution in [2.75, 3.05) is 20.1 Å². The minimum Gasteiger partial charge on any atom is -0.487 e. The summed E-state index contributed by atoms with van der Waals surface area (Å²) in [5.41, 5.74) is 1.47. The molecule has 2 atom stereocenters. The Morgan fingerprint density at radius 3 is 2.87 bits per heavy atom. The van der Waals surface area contributed by atoms with Crippen LogP contribution in [0.25, 0.3) is 10.4 Å². The van der Waals surface area contributed by atoms with Crippen molar-refractivity contribution in [1.82, 2.24) is 10.2 Å². The van der Waals surface area contributed by atoms with Gasteiger partial charge in [-0.15, -0.1) is 11.3 Å². The number of hydrogen-bond acceptors (Lipinski definition) is 5. The van der Waals surface area contributed by atoms with Gasteiger partial charge in [0, 0.05) is 22.4 Å². The Balaban J connectivity index is 1.45. The normalized spacial score (nSPS) is 21.6. The van der Waals surface area contributed by atoms with E-state index in [1.807, 2.05) is 13.1 Å². The number of ketones is 1. The zero-order chi connectivity index (χ0) is 21.3. The summed E-state index contributed by atoms with van der Waals surface area (Å²) >= 11 is 1.34. The van der Waals surface area contributed by atoms with Crippen molar-refractivity contribution >= 4 is 23.0 Å². The fourth-order valence-corrected chi connectivity index (χ4v) is 5.19. The Labute approximate surface area is 180 Å². The number of nitrogens with one attached hydrogen (secondary N) is 1. The standard InChI is InChI=1S/C23H27FN2O3S/c1-14(27)20-7-8-21(30-20)18-12-16(24)10-15-11-17(29-22(15)18)13-25-23(28)19-6-4-3-5-9-26(19)2/h7-8,10,12,17,19H,3-6,9,11,13H2,1-2H3,(H,25,28)/t17-,19-/m0/s1. The van der Waals surface area contributed by atoms with Crippen LogP contribution in [-0.4, -0.2) is 48.9 Å². The predicted octanol–water partition coefficient (Wildman–Crippen LogP) is 4.05. The summed E-state index contributed by atoms with van der Waals surface area (Å²) in [6, 6.07) is 6.45. The SMILES string of the molecule is CC(=O)c1ccc(-c2cc(F)cc3c2O[C@H](CNC(=O)[C@@H]2CCCCCN2C)C3)s1. The molecule has 30 heavy (non-hydrogen) atoms. The van der Waals surface area contributed by atoms with Gasteiger partial charge in [-0.3, -0.25) is 14.5 Å². The molecule has 2 aliphatic heterocycles. The molecule has 5 nitrogen and oxygen atoms in total. The number of rotatable bonds is 5. The Hall–Kier alpha value is -2.25. The van der Waals surface area contributed by atoms with Gasteiger partial charge < -0.3 is 10.1 Å². The third-order valence-electron chi connectivity index (χ3n) is 5.91. The fraction of sp³-hybridized carbons (Fsp3) is 0.478. The van der Waals surface area contributed by atoms with Gasteiger partial charge in [0.2, 0.25) is 5.91 Å². The van der Waals surface area contributed by atoms with Crippen LogP contribution in [0, 0.1) is 5.82 Å². The first-order valence-corrected chi connectivity index (χ1v) is 11.3. The number of thiophene rings is 1. The van der Waals surface area contributed by atoms with E-state index in [0.717, 1.165) is 42.7 Å². The van der Waals surface area contributed by atoms with E-state index < -0.39 is 0 Å². The molecule has 0 unspecified atom stereocenters. The lowest BCUT2D eigenvalue weighted by Gasteiger charge is -2.25. The Morgan fingerprint density at radius 2 is 2.10 bits per heavy atom. The molecule has 1 aromatic heterocycles. The van der Waals surface area contributed by atoms with Crippen LogP contribution in [0.5, 0.6) is 5.75 Å². The van der Waals surface area contributed by atoms with E-state index in [4.69, 9.17) is 4.74 Å². The Bertz CT molecular complexity index is 958. The first kappa shape index (κ1) is 21.0. The number of nitrogens with zero attached hydrogens (tertiary/aromatic N) is 1. The second kappa shape index (κ2) is 8.86. The van der Waals surface area contributed by atoms with Gasteiger partial charge in [0.1, 0.15) is 17.7 Å². The molecule has 1 fully saturated rings. The van der Waals surface area contributed by atoms with E-state index in [1.165, 1.54) is 30.4 Å². The maximum Gasteiger partial charge on any atom is 0.237 e. The predicted molar refractivity (Wildman–Crippen MR) is 116 cm³/mol. The quantitative estimate of drug-likeness (QED) is 0.727. The second-order valence-electron chi connectivity index (χ2n) is 8.20. The van der Waals surface area contributed by atoms with Crippen molar-refractivity contribution in [1.29, 1.82) is 0 Å². The molecule has 3 heterocycles. The highest BCUT2D eigenvalue weighted by atomic mass is 32.1. The third-order valence-corrected chi connectivity index (χ3v) is 7.13. The largest absolute Gasteiger partial charge is 0.487 e. The first-order chi connectivity index (χ1) is 14.4. The van der Waals surface area contributed by atoms with Gasteiger partial charge in [-0.2, -0.15) is 0 Å². The van der Waals surface area contributed by atoms with E-state index in [9.17, 15) is 14.0 Å². The van der Waals surface area contributed by atoms with Gasteiger partial charge in [-0.05, 0) is 57.6 Å². The second-order valence-corrected chi connectivity index (χ2v) is 9.28. The number of halogens is 1. The lowest BCUT2D eigenvalue weighted by molar-refractivity contribution is -0.126. The molecule has 1 N–H and O–H groups in total. The molecule has 0 saturated carbocycles. The van der Waals surface area contributed by atoms with Crippen molar-refractivity contribution in [3.8, 4) is 16.2 Å². The first-order valence-electron chi connectivity index (χ1n) is 10.5. The zero-order valence-corrected chi connectivity index (χ0v) is 18.2. The summed E-state index contributed by atoms with van der Waals surface area (Å²) in [6.07, 6.45) is 4.56. The fourth-order valence-electron chi connectivity index (χ4n) is 4.28. The van der Waals surface area contributed by atoms with Crippen LogP contribution >= 0.6 is 11.3 Å². The highest BCUT2D eigenvalue weighted by Gasteiger charge is 2.30. The Morgan fingerprint density at radius 1 is 1.27 bits per heavy atom. The van der Waals surface area contributed by atoms with Gasteiger partial charge in [0.05, 0.1) is 17.5 Å². The number of benzene rings is 1. The smallest absolute Gasteiger partial charge is 0.237 e. The minimum absolute atomic E-state index is 0.00992. The van der Waals surface area contributed by atoms with Gasteiger partial charge in [-0.1, -0.05) is 12.8 Å². The van der Waals surface area contributed by atoms with Crippen LogP contribution in [0.15, 0.2) is 24.3 Å². The number of likely N-dealkylation sites (N-methyl/N-ethyl adjacent to an activating group) is 1. The average molecular weight is 431 g/mol. The highest BCUT2D eigenvalue weighted by molar-refractivity contribution is 7.17. The maximum absolute atomic E-state index is 14.2. The van der Waals surface area contributed by atoms with Crippen molar-refractivity contribution in [3.63, 3.8) is 0 Å². The molecule has 1 amide bonds. The van der Waals surface area contributed by atoms with Crippen molar-refractivity contribution in [2.24, 2.45) is 0 Å². The number of fused-ring (bicyclic) bond motifs is 1. The molecule has 2 aliphatic rings. The number of carbonyl (C=O) groups excluding carboxylic acids is 2. The molecule has 7 heteroatoms. The molecule has 0 spiro atoms. The summed E-state index contributed by atoms with van der Waals surface area (Å²) in [5, 5.41) is 3.04. The molecular formula is C23H27FN2O3S. The van der Waals surface area contributed by atoms with Crippen LogP contribution in [-0.2, 0) is 11.2 Å². The summed E-state index contributed by atoms with van der Waals surface area (Å²) in [7, 11) is 2.00. The van der Waals surface area contributed by atoms with E-state index in [2.05, 4.69) is 10.2 Å². The molecular weight excluding hydrogens is 403 g/mol. The monoisotopic (exact) mass is 430 g/mol. The van der Waals surface area contributed by atoms with Gasteiger partial charge in [-0.25, -0.2) is 4.39 Å². The van der Waals surface area contributed by atoms with Gasteiger partial charge >= 0.3 is 0 Å². The molecule has 2 aromatic rings. The summed E-state index contributed by atoms with van der Waals surface area (Å²) in [4.78, 5) is 27.9. The number of ether oxygens (including phenoxy) is 1. The molecule has 4 rings (SSSR count). The zero-order valence-electron chi connectivity index (χ0n) is 17.4. The Kier molecular flexibility index (Phi) is 6.20. The molecule has 1 aromatic carbocycles. The van der Waals surface area contributed by atoms with Crippen LogP contribution in [0.4, 0.5) is 4.39 Å². The number of likely N-dealkylation sites (tertiary alicyclic amines) is 1. The van der Waals surface area contributed by atoms with E-state index in [0.29, 0.717) is 29.2 Å². The third kappa shape index (κ3) is 4.42. The van der Waals surface area contributed by atoms with E-state index in [1.54, 1.807) is 6.07 Å². The average Bonchev–Trinajstić information content (AvgIpc) is 3.29. The lowest BCUT2D eigenvalue weighted by atomic mass is 10.0. The van der Waals surface area contributed by atoms with E-state index >= 15 is 0 Å². The van der Waals surface area contributed by atoms with Gasteiger partial charge in [0.15, 0.2) is 5.78 Å². The molecule has 160 valence electrons. The van der Waals surface area contributed by atoms with E-state index in [-0.39, 0.29) is 29.7 Å². The molecule has 1 saturated heterocycles. The number of Topliss-reactive ketones (excluding diaryl/α,β-unsaturated/α-hetero) is 1.